The highest BCUT2D eigenvalue weighted by molar-refractivity contribution is 6.31. The summed E-state index contributed by atoms with van der Waals surface area (Å²) in [5.74, 6) is 0.502. The standard InChI is InChI=1S/C14H19ClN4O/c1-8-5-6-9(7-10(8)15)19-12(17-18-13(19)20)11(16)14(2,3)4/h5-7,11H,16H2,1-4H3,(H,18,20)/t11-/m1/s1. The molecule has 0 unspecified atom stereocenters. The van der Waals surface area contributed by atoms with Crippen LogP contribution in [0.4, 0.5) is 0 Å². The maximum atomic E-state index is 12.0. The van der Waals surface area contributed by atoms with Crippen LogP contribution in [0.3, 0.4) is 0 Å². The van der Waals surface area contributed by atoms with Gasteiger partial charge in [0.25, 0.3) is 0 Å². The first kappa shape index (κ1) is 14.8. The second-order valence-corrected chi connectivity index (χ2v) is 6.41. The monoisotopic (exact) mass is 294 g/mol. The van der Waals surface area contributed by atoms with Gasteiger partial charge in [0.2, 0.25) is 0 Å². The lowest BCUT2D eigenvalue weighted by atomic mass is 9.87. The van der Waals surface area contributed by atoms with E-state index in [0.717, 1.165) is 5.56 Å². The Balaban J connectivity index is 2.60. The lowest BCUT2D eigenvalue weighted by molar-refractivity contribution is 0.312. The summed E-state index contributed by atoms with van der Waals surface area (Å²) in [6.45, 7) is 7.92. The van der Waals surface area contributed by atoms with E-state index >= 15 is 0 Å². The van der Waals surface area contributed by atoms with Gasteiger partial charge in [0, 0.05) is 5.02 Å². The third-order valence-electron chi connectivity index (χ3n) is 3.32. The van der Waals surface area contributed by atoms with Crippen LogP contribution < -0.4 is 11.4 Å². The van der Waals surface area contributed by atoms with Crippen LogP contribution in [0, 0.1) is 12.3 Å². The SMILES string of the molecule is Cc1ccc(-n2c([C@@H](N)C(C)(C)C)n[nH]c2=O)cc1Cl. The Labute approximate surface area is 122 Å². The van der Waals surface area contributed by atoms with Crippen molar-refractivity contribution >= 4 is 11.6 Å². The average molecular weight is 295 g/mol. The fourth-order valence-corrected chi connectivity index (χ4v) is 2.05. The average Bonchev–Trinajstić information content (AvgIpc) is 2.72. The second kappa shape index (κ2) is 5.07. The maximum Gasteiger partial charge on any atom is 0.347 e. The fourth-order valence-electron chi connectivity index (χ4n) is 1.88. The zero-order valence-corrected chi connectivity index (χ0v) is 12.8. The summed E-state index contributed by atoms with van der Waals surface area (Å²) >= 11 is 6.13. The Morgan fingerprint density at radius 3 is 2.60 bits per heavy atom. The molecule has 0 radical (unpaired) electrons. The van der Waals surface area contributed by atoms with Crippen molar-refractivity contribution in [3.63, 3.8) is 0 Å². The van der Waals surface area contributed by atoms with Gasteiger partial charge >= 0.3 is 5.69 Å². The lowest BCUT2D eigenvalue weighted by Gasteiger charge is -2.26. The highest BCUT2D eigenvalue weighted by atomic mass is 35.5. The number of hydrogen-bond donors (Lipinski definition) is 2. The number of benzene rings is 1. The topological polar surface area (TPSA) is 76.7 Å². The molecular formula is C14H19ClN4O. The summed E-state index contributed by atoms with van der Waals surface area (Å²) in [7, 11) is 0. The summed E-state index contributed by atoms with van der Waals surface area (Å²) < 4.78 is 1.47. The van der Waals surface area contributed by atoms with Gasteiger partial charge in [-0.05, 0) is 30.0 Å². The van der Waals surface area contributed by atoms with Gasteiger partial charge in [-0.15, -0.1) is 0 Å². The van der Waals surface area contributed by atoms with E-state index in [2.05, 4.69) is 10.2 Å². The fraction of sp³-hybridized carbons (Fsp3) is 0.429. The van der Waals surface area contributed by atoms with E-state index in [1.54, 1.807) is 6.07 Å². The summed E-state index contributed by atoms with van der Waals surface area (Å²) in [4.78, 5) is 12.0. The Kier molecular flexibility index (Phi) is 3.75. The first-order valence-corrected chi connectivity index (χ1v) is 6.79. The molecule has 20 heavy (non-hydrogen) atoms. The zero-order valence-electron chi connectivity index (χ0n) is 12.1. The van der Waals surface area contributed by atoms with Crippen molar-refractivity contribution in [1.29, 1.82) is 0 Å². The number of rotatable bonds is 2. The molecular weight excluding hydrogens is 276 g/mol. The van der Waals surface area contributed by atoms with Gasteiger partial charge in [-0.25, -0.2) is 14.5 Å². The van der Waals surface area contributed by atoms with Crippen molar-refractivity contribution in [2.24, 2.45) is 11.1 Å². The van der Waals surface area contributed by atoms with Crippen molar-refractivity contribution in [3.05, 3.63) is 45.1 Å². The molecule has 2 aromatic rings. The highest BCUT2D eigenvalue weighted by Gasteiger charge is 2.28. The maximum absolute atomic E-state index is 12.0. The highest BCUT2D eigenvalue weighted by Crippen LogP contribution is 2.30. The molecule has 0 aliphatic rings. The largest absolute Gasteiger partial charge is 0.347 e. The molecule has 2 rings (SSSR count). The van der Waals surface area contributed by atoms with Crippen molar-refractivity contribution in [2.45, 2.75) is 33.7 Å². The van der Waals surface area contributed by atoms with Crippen molar-refractivity contribution in [1.82, 2.24) is 14.8 Å². The number of H-pyrrole nitrogens is 1. The molecule has 0 amide bonds. The smallest absolute Gasteiger partial charge is 0.321 e. The van der Waals surface area contributed by atoms with Gasteiger partial charge in [-0.2, -0.15) is 5.10 Å². The van der Waals surface area contributed by atoms with Crippen LogP contribution in [-0.2, 0) is 0 Å². The minimum absolute atomic E-state index is 0.210. The molecule has 0 aliphatic carbocycles. The second-order valence-electron chi connectivity index (χ2n) is 6.00. The minimum Gasteiger partial charge on any atom is -0.321 e. The molecule has 1 aromatic carbocycles. The van der Waals surface area contributed by atoms with Gasteiger partial charge in [0.1, 0.15) is 0 Å². The number of nitrogens with two attached hydrogens (primary N) is 1. The molecule has 1 aromatic heterocycles. The number of nitrogens with one attached hydrogen (secondary N) is 1. The minimum atomic E-state index is -0.374. The summed E-state index contributed by atoms with van der Waals surface area (Å²) in [6.07, 6.45) is 0. The molecule has 1 atom stereocenters. The number of aromatic nitrogens is 3. The lowest BCUT2D eigenvalue weighted by Crippen LogP contribution is -2.30. The van der Waals surface area contributed by atoms with Crippen LogP contribution in [-0.4, -0.2) is 14.8 Å². The molecule has 3 N–H and O–H groups in total. The normalized spacial score (nSPS) is 13.5. The van der Waals surface area contributed by atoms with Gasteiger partial charge in [0.05, 0.1) is 11.7 Å². The van der Waals surface area contributed by atoms with Gasteiger partial charge < -0.3 is 5.73 Å². The molecule has 0 spiro atoms. The van der Waals surface area contributed by atoms with E-state index in [1.807, 2.05) is 39.8 Å². The molecule has 6 heteroatoms. The van der Waals surface area contributed by atoms with Gasteiger partial charge in [0.15, 0.2) is 5.82 Å². The van der Waals surface area contributed by atoms with E-state index in [1.165, 1.54) is 4.57 Å². The molecule has 5 nitrogen and oxygen atoms in total. The van der Waals surface area contributed by atoms with E-state index < -0.39 is 0 Å². The van der Waals surface area contributed by atoms with E-state index in [9.17, 15) is 4.79 Å². The molecule has 0 aliphatic heterocycles. The Morgan fingerprint density at radius 2 is 2.05 bits per heavy atom. The zero-order chi connectivity index (χ0) is 15.1. The Morgan fingerprint density at radius 1 is 1.40 bits per heavy atom. The van der Waals surface area contributed by atoms with Crippen LogP contribution >= 0.6 is 11.6 Å². The van der Waals surface area contributed by atoms with Crippen LogP contribution in [0.1, 0.15) is 38.2 Å². The number of halogens is 1. The predicted molar refractivity (Wildman–Crippen MR) is 80.3 cm³/mol. The van der Waals surface area contributed by atoms with Crippen molar-refractivity contribution in [3.8, 4) is 5.69 Å². The van der Waals surface area contributed by atoms with Gasteiger partial charge in [-0.3, -0.25) is 0 Å². The molecule has 0 fully saturated rings. The molecule has 0 saturated heterocycles. The first-order chi connectivity index (χ1) is 9.21. The number of aromatic amines is 1. The molecule has 1 heterocycles. The summed E-state index contributed by atoms with van der Waals surface area (Å²) in [6, 6.07) is 5.06. The van der Waals surface area contributed by atoms with Crippen LogP contribution in [0.25, 0.3) is 5.69 Å². The molecule has 108 valence electrons. The third kappa shape index (κ3) is 2.64. The van der Waals surface area contributed by atoms with E-state index in [4.69, 9.17) is 17.3 Å². The summed E-state index contributed by atoms with van der Waals surface area (Å²) in [5, 5.41) is 7.13. The Hall–Kier alpha value is -1.59. The number of aryl methyl sites for hydroxylation is 1. The molecule has 0 bridgehead atoms. The van der Waals surface area contributed by atoms with Gasteiger partial charge in [-0.1, -0.05) is 38.4 Å². The number of nitrogens with zero attached hydrogens (tertiary/aromatic N) is 2. The van der Waals surface area contributed by atoms with Crippen LogP contribution in [0.2, 0.25) is 5.02 Å². The predicted octanol–water partition coefficient (Wildman–Crippen LogP) is 2.57. The summed E-state index contributed by atoms with van der Waals surface area (Å²) in [5.41, 5.74) is 7.30. The number of hydrogen-bond acceptors (Lipinski definition) is 3. The third-order valence-corrected chi connectivity index (χ3v) is 3.73. The van der Waals surface area contributed by atoms with Crippen molar-refractivity contribution in [2.75, 3.05) is 0 Å². The van der Waals surface area contributed by atoms with Crippen LogP contribution in [0.15, 0.2) is 23.0 Å². The van der Waals surface area contributed by atoms with E-state index in [0.29, 0.717) is 16.5 Å². The molecule has 0 saturated carbocycles. The van der Waals surface area contributed by atoms with Crippen LogP contribution in [0.5, 0.6) is 0 Å². The Bertz CT molecular complexity index is 681. The van der Waals surface area contributed by atoms with Crippen molar-refractivity contribution < 1.29 is 0 Å². The quantitative estimate of drug-likeness (QED) is 0.893. The first-order valence-electron chi connectivity index (χ1n) is 6.41. The van der Waals surface area contributed by atoms with E-state index in [-0.39, 0.29) is 17.1 Å².